The molecule has 0 aliphatic heterocycles. The molecule has 17 heavy (non-hydrogen) atoms. The predicted molar refractivity (Wildman–Crippen MR) is 62.1 cm³/mol. The van der Waals surface area contributed by atoms with Crippen molar-refractivity contribution in [3.63, 3.8) is 0 Å². The Balaban J connectivity index is 2.49. The molecule has 0 aliphatic carbocycles. The van der Waals surface area contributed by atoms with Crippen LogP contribution >= 0.6 is 11.6 Å². The molecule has 2 aromatic heterocycles. The standard InChI is InChI=1S/C9H10ClN5O2/c1-17-4-5-8(11)9(16)15(14-5)7-3-2-6(10)12-13-7/h2-3,14H,4,11H2,1H3. The number of anilines is 1. The minimum Gasteiger partial charge on any atom is -0.393 e. The highest BCUT2D eigenvalue weighted by Gasteiger charge is 2.12. The molecular formula is C9H10ClN5O2. The monoisotopic (exact) mass is 255 g/mol. The summed E-state index contributed by atoms with van der Waals surface area (Å²) in [5.74, 6) is 0.313. The number of rotatable bonds is 3. The molecule has 0 radical (unpaired) electrons. The SMILES string of the molecule is COCc1[nH]n(-c2ccc(Cl)nn2)c(=O)c1N. The average molecular weight is 256 g/mol. The number of aromatic amines is 1. The molecule has 0 saturated heterocycles. The Bertz CT molecular complexity index is 574. The van der Waals surface area contributed by atoms with Crippen LogP contribution in [0.5, 0.6) is 0 Å². The fourth-order valence-corrected chi connectivity index (χ4v) is 1.44. The number of hydrogen-bond donors (Lipinski definition) is 2. The summed E-state index contributed by atoms with van der Waals surface area (Å²) in [5, 5.41) is 10.5. The van der Waals surface area contributed by atoms with Gasteiger partial charge in [-0.05, 0) is 12.1 Å². The number of methoxy groups -OCH3 is 1. The molecule has 0 atom stereocenters. The highest BCUT2D eigenvalue weighted by Crippen LogP contribution is 2.09. The zero-order chi connectivity index (χ0) is 12.4. The van der Waals surface area contributed by atoms with Crippen LogP contribution in [0.1, 0.15) is 5.69 Å². The van der Waals surface area contributed by atoms with Crippen molar-refractivity contribution in [1.29, 1.82) is 0 Å². The van der Waals surface area contributed by atoms with Crippen LogP contribution in [-0.2, 0) is 11.3 Å². The van der Waals surface area contributed by atoms with Gasteiger partial charge in [-0.3, -0.25) is 9.89 Å². The topological polar surface area (TPSA) is 98.8 Å². The largest absolute Gasteiger partial charge is 0.393 e. The molecule has 2 rings (SSSR count). The van der Waals surface area contributed by atoms with E-state index < -0.39 is 5.56 Å². The second kappa shape index (κ2) is 4.56. The fraction of sp³-hybridized carbons (Fsp3) is 0.222. The second-order valence-corrected chi connectivity index (χ2v) is 3.68. The predicted octanol–water partition coefficient (Wildman–Crippen LogP) is 0.338. The molecule has 0 amide bonds. The van der Waals surface area contributed by atoms with E-state index in [2.05, 4.69) is 15.3 Å². The summed E-state index contributed by atoms with van der Waals surface area (Å²) in [6, 6.07) is 3.09. The molecule has 0 saturated carbocycles. The number of ether oxygens (including phenoxy) is 1. The quantitative estimate of drug-likeness (QED) is 0.824. The maximum atomic E-state index is 11.8. The van der Waals surface area contributed by atoms with Crippen LogP contribution in [0.4, 0.5) is 5.69 Å². The molecule has 3 N–H and O–H groups in total. The molecular weight excluding hydrogens is 246 g/mol. The number of aromatic nitrogens is 4. The summed E-state index contributed by atoms with van der Waals surface area (Å²) in [6.07, 6.45) is 0. The second-order valence-electron chi connectivity index (χ2n) is 3.29. The van der Waals surface area contributed by atoms with Gasteiger partial charge in [0.25, 0.3) is 5.56 Å². The van der Waals surface area contributed by atoms with E-state index in [-0.39, 0.29) is 17.4 Å². The number of hydrogen-bond acceptors (Lipinski definition) is 5. The highest BCUT2D eigenvalue weighted by atomic mass is 35.5. The van der Waals surface area contributed by atoms with Crippen LogP contribution in [0, 0.1) is 0 Å². The van der Waals surface area contributed by atoms with Crippen molar-refractivity contribution in [3.05, 3.63) is 33.3 Å². The van der Waals surface area contributed by atoms with E-state index in [1.54, 1.807) is 6.07 Å². The first-order valence-electron chi connectivity index (χ1n) is 4.71. The molecule has 0 unspecified atom stereocenters. The van der Waals surface area contributed by atoms with E-state index in [0.717, 1.165) is 0 Å². The fourth-order valence-electron chi connectivity index (χ4n) is 1.34. The Hall–Kier alpha value is -1.86. The first-order valence-corrected chi connectivity index (χ1v) is 5.09. The van der Waals surface area contributed by atoms with Crippen LogP contribution in [-0.4, -0.2) is 27.1 Å². The molecule has 8 heteroatoms. The molecule has 90 valence electrons. The van der Waals surface area contributed by atoms with Gasteiger partial charge in [0.2, 0.25) is 0 Å². The Morgan fingerprint density at radius 2 is 2.29 bits per heavy atom. The van der Waals surface area contributed by atoms with Gasteiger partial charge in [0.15, 0.2) is 11.0 Å². The first-order chi connectivity index (χ1) is 8.13. The Kier molecular flexibility index (Phi) is 3.12. The lowest BCUT2D eigenvalue weighted by Crippen LogP contribution is -2.18. The summed E-state index contributed by atoms with van der Waals surface area (Å²) in [6.45, 7) is 0.217. The number of nitrogens with two attached hydrogens (primary N) is 1. The number of nitrogens with one attached hydrogen (secondary N) is 1. The van der Waals surface area contributed by atoms with E-state index in [1.807, 2.05) is 0 Å². The van der Waals surface area contributed by atoms with Crippen molar-refractivity contribution < 1.29 is 4.74 Å². The van der Waals surface area contributed by atoms with Gasteiger partial charge in [0.05, 0.1) is 12.3 Å². The van der Waals surface area contributed by atoms with Crippen molar-refractivity contribution in [2.24, 2.45) is 0 Å². The van der Waals surface area contributed by atoms with Gasteiger partial charge >= 0.3 is 0 Å². The third-order valence-electron chi connectivity index (χ3n) is 2.14. The van der Waals surface area contributed by atoms with Crippen LogP contribution in [0.15, 0.2) is 16.9 Å². The van der Waals surface area contributed by atoms with Crippen LogP contribution in [0.25, 0.3) is 5.82 Å². The smallest absolute Gasteiger partial charge is 0.296 e. The van der Waals surface area contributed by atoms with Gasteiger partial charge in [-0.1, -0.05) is 11.6 Å². The highest BCUT2D eigenvalue weighted by molar-refractivity contribution is 6.29. The summed E-state index contributed by atoms with van der Waals surface area (Å²) in [4.78, 5) is 11.8. The van der Waals surface area contributed by atoms with E-state index in [4.69, 9.17) is 22.1 Å². The minimum absolute atomic E-state index is 0.101. The van der Waals surface area contributed by atoms with E-state index in [9.17, 15) is 4.79 Å². The Labute approximate surface area is 101 Å². The Morgan fingerprint density at radius 3 is 2.88 bits per heavy atom. The average Bonchev–Trinajstić information content (AvgIpc) is 2.59. The summed E-state index contributed by atoms with van der Waals surface area (Å²) >= 11 is 5.61. The zero-order valence-electron chi connectivity index (χ0n) is 8.98. The van der Waals surface area contributed by atoms with Crippen molar-refractivity contribution in [3.8, 4) is 5.82 Å². The van der Waals surface area contributed by atoms with Gasteiger partial charge in [-0.2, -0.15) is 4.68 Å². The summed E-state index contributed by atoms with van der Waals surface area (Å²) in [5.41, 5.74) is 5.84. The normalized spacial score (nSPS) is 10.7. The van der Waals surface area contributed by atoms with Crippen molar-refractivity contribution in [2.45, 2.75) is 6.61 Å². The number of nitrogen functional groups attached to an aromatic ring is 1. The van der Waals surface area contributed by atoms with Crippen molar-refractivity contribution in [2.75, 3.05) is 12.8 Å². The zero-order valence-corrected chi connectivity index (χ0v) is 9.73. The number of H-pyrrole nitrogens is 1. The van der Waals surface area contributed by atoms with E-state index in [0.29, 0.717) is 11.5 Å². The van der Waals surface area contributed by atoms with E-state index in [1.165, 1.54) is 17.9 Å². The summed E-state index contributed by atoms with van der Waals surface area (Å²) in [7, 11) is 1.51. The maximum absolute atomic E-state index is 11.8. The molecule has 0 spiro atoms. The van der Waals surface area contributed by atoms with Gasteiger partial charge < -0.3 is 10.5 Å². The van der Waals surface area contributed by atoms with Crippen molar-refractivity contribution in [1.82, 2.24) is 20.0 Å². The molecule has 7 nitrogen and oxygen atoms in total. The third-order valence-corrected chi connectivity index (χ3v) is 2.34. The van der Waals surface area contributed by atoms with Crippen LogP contribution < -0.4 is 11.3 Å². The van der Waals surface area contributed by atoms with Gasteiger partial charge in [-0.15, -0.1) is 10.2 Å². The lowest BCUT2D eigenvalue weighted by Gasteiger charge is -1.99. The van der Waals surface area contributed by atoms with E-state index >= 15 is 0 Å². The van der Waals surface area contributed by atoms with Gasteiger partial charge in [-0.25, -0.2) is 0 Å². The summed E-state index contributed by atoms with van der Waals surface area (Å²) < 4.78 is 6.10. The molecule has 2 heterocycles. The Morgan fingerprint density at radius 1 is 1.53 bits per heavy atom. The van der Waals surface area contributed by atoms with Crippen molar-refractivity contribution >= 4 is 17.3 Å². The van der Waals surface area contributed by atoms with Crippen LogP contribution in [0.2, 0.25) is 5.15 Å². The molecule has 0 aliphatic rings. The molecule has 0 bridgehead atoms. The maximum Gasteiger partial charge on any atom is 0.296 e. The van der Waals surface area contributed by atoms with Crippen LogP contribution in [0.3, 0.4) is 0 Å². The first kappa shape index (κ1) is 11.6. The lowest BCUT2D eigenvalue weighted by molar-refractivity contribution is 0.181. The lowest BCUT2D eigenvalue weighted by atomic mass is 10.4. The molecule has 0 fully saturated rings. The molecule has 2 aromatic rings. The number of nitrogens with zero attached hydrogens (tertiary/aromatic N) is 3. The minimum atomic E-state index is -0.395. The van der Waals surface area contributed by atoms with Gasteiger partial charge in [0, 0.05) is 7.11 Å². The van der Waals surface area contributed by atoms with Gasteiger partial charge in [0.1, 0.15) is 5.69 Å². The number of halogens is 1. The molecule has 0 aromatic carbocycles. The third kappa shape index (κ3) is 2.15.